The highest BCUT2D eigenvalue weighted by molar-refractivity contribution is 5.76. The maximum Gasteiger partial charge on any atom is 0.244 e. The lowest BCUT2D eigenvalue weighted by Gasteiger charge is -2.03. The van der Waals surface area contributed by atoms with E-state index >= 15 is 0 Å². The Hall–Kier alpha value is -3.78. The summed E-state index contributed by atoms with van der Waals surface area (Å²) in [7, 11) is 0. The first-order valence-corrected chi connectivity index (χ1v) is 17.1. The van der Waals surface area contributed by atoms with Gasteiger partial charge in [-0.2, -0.15) is 0 Å². The predicted molar refractivity (Wildman–Crippen MR) is 187 cm³/mol. The molecule has 252 valence electrons. The van der Waals surface area contributed by atoms with Crippen LogP contribution in [0.4, 0.5) is 0 Å². The van der Waals surface area contributed by atoms with Gasteiger partial charge in [-0.25, -0.2) is 28.2 Å². The number of rotatable bonds is 14. The Morgan fingerprint density at radius 3 is 1.22 bits per heavy atom. The standard InChI is InChI=1S/C39H42N8.2HI/c1-3-16-34-32(14-1)40-28-42(34)22-9-11-24-44-30-46(38-20-7-5-18-36(38)44)26-13-27-47-31-45(37-19-6-8-21-39(37)47)25-12-10-23-43-29-41-33-15-2-4-17-35(33)43;;/h1-8,14-21,28-31H,9-13,22-27H2;2*1H/q+2;;/p-2. The SMILES string of the molecule is [I-].[I-].c1ccc2c(c1)ncn2CCCCn1c[n+](CCC[n+]2cn(CCCCn3cnc4ccccc43)c3ccccc32)c2ccccc21. The number of nitrogens with zero attached hydrogens (tertiary/aromatic N) is 8. The highest BCUT2D eigenvalue weighted by Crippen LogP contribution is 2.17. The van der Waals surface area contributed by atoms with E-state index in [1.807, 2.05) is 12.7 Å². The quantitative estimate of drug-likeness (QED) is 0.0930. The number of aryl methyl sites for hydroxylation is 6. The van der Waals surface area contributed by atoms with Crippen LogP contribution in [-0.2, 0) is 39.3 Å². The first-order chi connectivity index (χ1) is 23.3. The first kappa shape index (κ1) is 35.1. The van der Waals surface area contributed by atoms with Gasteiger partial charge < -0.3 is 57.1 Å². The molecule has 49 heavy (non-hydrogen) atoms. The number of para-hydroxylation sites is 8. The minimum Gasteiger partial charge on any atom is -1.00 e. The molecule has 0 N–H and O–H groups in total. The molecule has 0 saturated carbocycles. The molecule has 0 spiro atoms. The van der Waals surface area contributed by atoms with Crippen molar-refractivity contribution < 1.29 is 57.1 Å². The minimum absolute atomic E-state index is 0. The lowest BCUT2D eigenvalue weighted by atomic mass is 10.2. The molecule has 8 nitrogen and oxygen atoms in total. The third-order valence-corrected chi connectivity index (χ3v) is 9.51. The van der Waals surface area contributed by atoms with E-state index in [1.165, 1.54) is 33.1 Å². The summed E-state index contributed by atoms with van der Waals surface area (Å²) < 4.78 is 14.3. The second-order valence-electron chi connectivity index (χ2n) is 12.6. The van der Waals surface area contributed by atoms with Gasteiger partial charge in [-0.05, 0) is 74.2 Å². The number of aromatic nitrogens is 8. The molecule has 0 aliphatic carbocycles. The van der Waals surface area contributed by atoms with E-state index in [4.69, 9.17) is 0 Å². The highest BCUT2D eigenvalue weighted by atomic mass is 127. The van der Waals surface area contributed by atoms with Gasteiger partial charge in [0, 0.05) is 19.5 Å². The largest absolute Gasteiger partial charge is 1.00 e. The molecule has 8 rings (SSSR count). The zero-order chi connectivity index (χ0) is 31.4. The number of hydrogen-bond donors (Lipinski definition) is 0. The molecule has 10 heteroatoms. The van der Waals surface area contributed by atoms with E-state index in [-0.39, 0.29) is 48.0 Å². The topological polar surface area (TPSA) is 53.3 Å². The monoisotopic (exact) mass is 876 g/mol. The van der Waals surface area contributed by atoms with Crippen molar-refractivity contribution in [3.8, 4) is 0 Å². The smallest absolute Gasteiger partial charge is 0.244 e. The summed E-state index contributed by atoms with van der Waals surface area (Å²) >= 11 is 0. The Kier molecular flexibility index (Phi) is 11.7. The molecule has 0 bridgehead atoms. The van der Waals surface area contributed by atoms with E-state index < -0.39 is 0 Å². The number of unbranched alkanes of at least 4 members (excludes halogenated alkanes) is 2. The molecule has 0 atom stereocenters. The Bertz CT molecular complexity index is 2120. The number of fused-ring (bicyclic) bond motifs is 4. The minimum atomic E-state index is 0. The van der Waals surface area contributed by atoms with Crippen LogP contribution < -0.4 is 57.1 Å². The molecule has 0 fully saturated rings. The number of hydrogen-bond acceptors (Lipinski definition) is 2. The zero-order valence-electron chi connectivity index (χ0n) is 27.7. The van der Waals surface area contributed by atoms with Gasteiger partial charge in [0.05, 0.1) is 60.9 Å². The van der Waals surface area contributed by atoms with Crippen LogP contribution >= 0.6 is 0 Å². The van der Waals surface area contributed by atoms with Crippen molar-refractivity contribution in [1.82, 2.24) is 28.2 Å². The molecule has 0 saturated heterocycles. The van der Waals surface area contributed by atoms with E-state index in [9.17, 15) is 0 Å². The molecule has 4 aromatic carbocycles. The molecule has 0 unspecified atom stereocenters. The van der Waals surface area contributed by atoms with Crippen LogP contribution in [0.25, 0.3) is 44.1 Å². The third kappa shape index (κ3) is 7.54. The van der Waals surface area contributed by atoms with Crippen molar-refractivity contribution in [2.45, 2.75) is 71.4 Å². The van der Waals surface area contributed by atoms with Gasteiger partial charge >= 0.3 is 0 Å². The summed E-state index contributed by atoms with van der Waals surface area (Å²) in [5, 5.41) is 0. The molecular formula is C39H42I2N8. The summed E-state index contributed by atoms with van der Waals surface area (Å²) in [6.07, 6.45) is 14.2. The summed E-state index contributed by atoms with van der Waals surface area (Å²) in [6, 6.07) is 34.4. The lowest BCUT2D eigenvalue weighted by molar-refractivity contribution is -0.703. The maximum atomic E-state index is 4.55. The molecule has 0 radical (unpaired) electrons. The van der Waals surface area contributed by atoms with Gasteiger partial charge in [0.25, 0.3) is 0 Å². The maximum absolute atomic E-state index is 4.55. The summed E-state index contributed by atoms with van der Waals surface area (Å²) in [4.78, 5) is 9.10. The van der Waals surface area contributed by atoms with Crippen LogP contribution in [0, 0.1) is 0 Å². The lowest BCUT2D eigenvalue weighted by Crippen LogP contribution is -3.00. The number of benzene rings is 4. The van der Waals surface area contributed by atoms with Crippen LogP contribution in [0.15, 0.2) is 122 Å². The van der Waals surface area contributed by atoms with Gasteiger partial charge in [-0.3, -0.25) is 0 Å². The number of halogens is 2. The summed E-state index contributed by atoms with van der Waals surface area (Å²) in [6.45, 7) is 5.98. The van der Waals surface area contributed by atoms with Crippen LogP contribution in [-0.4, -0.2) is 28.2 Å². The van der Waals surface area contributed by atoms with Crippen molar-refractivity contribution in [3.63, 3.8) is 0 Å². The Labute approximate surface area is 321 Å². The highest BCUT2D eigenvalue weighted by Gasteiger charge is 2.18. The molecule has 0 amide bonds. The van der Waals surface area contributed by atoms with Gasteiger partial charge in [0.1, 0.15) is 0 Å². The van der Waals surface area contributed by atoms with Crippen LogP contribution in [0.2, 0.25) is 0 Å². The van der Waals surface area contributed by atoms with E-state index in [0.29, 0.717) is 0 Å². The van der Waals surface area contributed by atoms with E-state index in [2.05, 4.69) is 147 Å². The van der Waals surface area contributed by atoms with Gasteiger partial charge in [-0.1, -0.05) is 48.5 Å². The fourth-order valence-electron chi connectivity index (χ4n) is 7.11. The predicted octanol–water partition coefficient (Wildman–Crippen LogP) is 0.930. The van der Waals surface area contributed by atoms with Gasteiger partial charge in [-0.15, -0.1) is 0 Å². The molecular weight excluding hydrogens is 834 g/mol. The second-order valence-corrected chi connectivity index (χ2v) is 12.6. The average molecular weight is 877 g/mol. The van der Waals surface area contributed by atoms with Crippen molar-refractivity contribution in [1.29, 1.82) is 0 Å². The fourth-order valence-corrected chi connectivity index (χ4v) is 7.11. The van der Waals surface area contributed by atoms with Crippen LogP contribution in [0.1, 0.15) is 32.1 Å². The van der Waals surface area contributed by atoms with Gasteiger partial charge in [0.15, 0.2) is 22.1 Å². The molecule has 0 aliphatic heterocycles. The zero-order valence-corrected chi connectivity index (χ0v) is 32.0. The van der Waals surface area contributed by atoms with Crippen molar-refractivity contribution in [2.75, 3.05) is 0 Å². The van der Waals surface area contributed by atoms with Crippen molar-refractivity contribution >= 4 is 44.1 Å². The van der Waals surface area contributed by atoms with E-state index in [0.717, 1.165) is 82.4 Å². The Morgan fingerprint density at radius 2 is 0.776 bits per heavy atom. The molecule has 4 aromatic heterocycles. The van der Waals surface area contributed by atoms with Crippen LogP contribution in [0.3, 0.4) is 0 Å². The third-order valence-electron chi connectivity index (χ3n) is 9.51. The molecule has 0 aliphatic rings. The van der Waals surface area contributed by atoms with E-state index in [1.54, 1.807) is 0 Å². The normalized spacial score (nSPS) is 11.4. The first-order valence-electron chi connectivity index (χ1n) is 17.1. The van der Waals surface area contributed by atoms with Crippen molar-refractivity contribution in [2.24, 2.45) is 0 Å². The molecule has 8 aromatic rings. The summed E-state index contributed by atoms with van der Waals surface area (Å²) in [5.41, 5.74) is 9.83. The van der Waals surface area contributed by atoms with Gasteiger partial charge in [0.2, 0.25) is 12.7 Å². The Balaban J connectivity index is 0.00000208. The Morgan fingerprint density at radius 1 is 0.408 bits per heavy atom. The van der Waals surface area contributed by atoms with Crippen LogP contribution in [0.5, 0.6) is 0 Å². The fraction of sp³-hybridized carbons (Fsp3) is 0.282. The summed E-state index contributed by atoms with van der Waals surface area (Å²) in [5.74, 6) is 0. The average Bonchev–Trinajstić information content (AvgIpc) is 3.89. The van der Waals surface area contributed by atoms with Crippen molar-refractivity contribution in [3.05, 3.63) is 122 Å². The molecule has 4 heterocycles. The number of imidazole rings is 4. The second kappa shape index (κ2) is 16.3.